The summed E-state index contributed by atoms with van der Waals surface area (Å²) >= 11 is 0.433. The van der Waals surface area contributed by atoms with Crippen molar-refractivity contribution >= 4 is 24.3 Å². The Bertz CT molecular complexity index is 132. The van der Waals surface area contributed by atoms with Crippen LogP contribution in [-0.4, -0.2) is 11.9 Å². The third-order valence-corrected chi connectivity index (χ3v) is 1.30. The molecule has 0 unspecified atom stereocenters. The van der Waals surface area contributed by atoms with Crippen LogP contribution in [0.1, 0.15) is 12.8 Å². The van der Waals surface area contributed by atoms with Crippen LogP contribution < -0.4 is 0 Å². The molecule has 1 radical (unpaired) electrons. The fourth-order valence-electron chi connectivity index (χ4n) is 0.380. The van der Waals surface area contributed by atoms with Crippen molar-refractivity contribution in [2.75, 3.05) is 0 Å². The van der Waals surface area contributed by atoms with Crippen LogP contribution >= 0.6 is 12.3 Å². The zero-order valence-electron chi connectivity index (χ0n) is 4.76. The molecule has 0 aromatic carbocycles. The van der Waals surface area contributed by atoms with Gasteiger partial charge in [-0.3, -0.25) is 9.59 Å². The second kappa shape index (κ2) is 4.79. The molecule has 0 amide bonds. The van der Waals surface area contributed by atoms with E-state index in [1.54, 1.807) is 0 Å². The molecule has 0 N–H and O–H groups in total. The van der Waals surface area contributed by atoms with Gasteiger partial charge in [0, 0.05) is 22.4 Å². The van der Waals surface area contributed by atoms with Crippen molar-refractivity contribution in [1.29, 1.82) is 0 Å². The molecule has 0 aliphatic carbocycles. The van der Waals surface area contributed by atoms with Crippen LogP contribution in [0, 0.1) is 0 Å². The zero-order valence-corrected chi connectivity index (χ0v) is 7.74. The van der Waals surface area contributed by atoms with E-state index in [1.807, 2.05) is 0 Å². The van der Waals surface area contributed by atoms with Gasteiger partial charge in [0.25, 0.3) is 12.3 Å². The molecule has 0 aromatic rings. The molecule has 0 aromatic heterocycles. The molecule has 61 valence electrons. The second-order valence-electron chi connectivity index (χ2n) is 1.48. The van der Waals surface area contributed by atoms with Crippen LogP contribution in [-0.2, 0) is 40.3 Å². The van der Waals surface area contributed by atoms with Crippen LogP contribution in [0.15, 0.2) is 0 Å². The zero-order chi connectivity index (χ0) is 6.69. The Morgan fingerprint density at radius 3 is 1.90 bits per heavy atom. The summed E-state index contributed by atoms with van der Waals surface area (Å²) in [6.07, 6.45) is 0.234. The van der Waals surface area contributed by atoms with E-state index in [0.29, 0.717) is 12.3 Å². The van der Waals surface area contributed by atoms with Gasteiger partial charge in [-0.2, -0.15) is 0 Å². The predicted molar refractivity (Wildman–Crippen MR) is 29.0 cm³/mol. The van der Waals surface area contributed by atoms with Crippen molar-refractivity contribution in [2.24, 2.45) is 0 Å². The number of hydrogen-bond acceptors (Lipinski definition) is 5. The Hall–Kier alpha value is 0.0303. The van der Waals surface area contributed by atoms with Gasteiger partial charge in [-0.1, -0.05) is 0 Å². The standard InChI is InChI=1S/C4H4O4S.Au/c5-3-1-2-4(6)8-9-7-3;/h1-2H2;. The van der Waals surface area contributed by atoms with Crippen molar-refractivity contribution in [3.05, 3.63) is 0 Å². The SMILES string of the molecule is O=C1CCC(=O)OSO1.[Au]. The van der Waals surface area contributed by atoms with E-state index in [2.05, 4.69) is 8.37 Å². The van der Waals surface area contributed by atoms with E-state index in [4.69, 9.17) is 0 Å². The first-order valence-corrected chi connectivity index (χ1v) is 3.02. The number of carbonyl (C=O) groups excluding carboxylic acids is 2. The van der Waals surface area contributed by atoms with Gasteiger partial charge in [0.05, 0.1) is 12.8 Å². The third kappa shape index (κ3) is 3.26. The van der Waals surface area contributed by atoms with Crippen molar-refractivity contribution in [3.63, 3.8) is 0 Å². The topological polar surface area (TPSA) is 52.6 Å². The molecular weight excluding hydrogens is 341 g/mol. The molecule has 1 rings (SSSR count). The molecule has 1 aliphatic rings. The molecule has 0 atom stereocenters. The van der Waals surface area contributed by atoms with Gasteiger partial charge in [-0.15, -0.1) is 0 Å². The molecule has 1 saturated heterocycles. The van der Waals surface area contributed by atoms with E-state index in [0.717, 1.165) is 0 Å². The van der Waals surface area contributed by atoms with Crippen LogP contribution in [0.25, 0.3) is 0 Å². The molecule has 10 heavy (non-hydrogen) atoms. The summed E-state index contributed by atoms with van der Waals surface area (Å²) in [7, 11) is 0. The summed E-state index contributed by atoms with van der Waals surface area (Å²) in [4.78, 5) is 20.7. The van der Waals surface area contributed by atoms with Crippen LogP contribution in [0.3, 0.4) is 0 Å². The van der Waals surface area contributed by atoms with Gasteiger partial charge < -0.3 is 8.37 Å². The van der Waals surface area contributed by atoms with E-state index >= 15 is 0 Å². The Labute approximate surface area is 77.6 Å². The van der Waals surface area contributed by atoms with Crippen LogP contribution in [0.5, 0.6) is 0 Å². The maximum Gasteiger partial charge on any atom is 0.321 e. The smallest absolute Gasteiger partial charge is 0.321 e. The summed E-state index contributed by atoms with van der Waals surface area (Å²) in [5, 5.41) is 0. The average molecular weight is 345 g/mol. The maximum atomic E-state index is 10.4. The number of carbonyl (C=O) groups is 2. The fourth-order valence-corrected chi connectivity index (χ4v) is 0.733. The van der Waals surface area contributed by atoms with Gasteiger partial charge in [0.2, 0.25) is 0 Å². The quantitative estimate of drug-likeness (QED) is 0.471. The number of hydrogen-bond donors (Lipinski definition) is 0. The molecule has 1 aliphatic heterocycles. The minimum atomic E-state index is -0.411. The molecule has 1 fully saturated rings. The minimum Gasteiger partial charge on any atom is -0.355 e. The summed E-state index contributed by atoms with van der Waals surface area (Å²) in [5.41, 5.74) is 0. The average Bonchev–Trinajstić information content (AvgIpc) is 1.97. The van der Waals surface area contributed by atoms with E-state index in [-0.39, 0.29) is 35.2 Å². The first-order chi connectivity index (χ1) is 4.29. The van der Waals surface area contributed by atoms with Gasteiger partial charge in [0.15, 0.2) is 0 Å². The second-order valence-corrected chi connectivity index (χ2v) is 1.95. The Morgan fingerprint density at radius 2 is 1.50 bits per heavy atom. The molecular formula is C4H4AuO4S. The third-order valence-electron chi connectivity index (χ3n) is 0.787. The fraction of sp³-hybridized carbons (Fsp3) is 0.500. The van der Waals surface area contributed by atoms with E-state index in [1.165, 1.54) is 0 Å². The first-order valence-electron chi connectivity index (χ1n) is 2.36. The van der Waals surface area contributed by atoms with Gasteiger partial charge >= 0.3 is 11.9 Å². The Morgan fingerprint density at radius 1 is 1.10 bits per heavy atom. The van der Waals surface area contributed by atoms with Crippen LogP contribution in [0.2, 0.25) is 0 Å². The largest absolute Gasteiger partial charge is 0.355 e. The summed E-state index contributed by atoms with van der Waals surface area (Å²) in [5.74, 6) is -0.822. The van der Waals surface area contributed by atoms with Crippen molar-refractivity contribution in [3.8, 4) is 0 Å². The molecule has 1 heterocycles. The van der Waals surface area contributed by atoms with Gasteiger partial charge in [-0.25, -0.2) is 0 Å². The van der Waals surface area contributed by atoms with Gasteiger partial charge in [-0.05, 0) is 0 Å². The maximum absolute atomic E-state index is 10.4. The van der Waals surface area contributed by atoms with Crippen LogP contribution in [0.4, 0.5) is 0 Å². The Kier molecular flexibility index (Phi) is 4.80. The molecule has 0 saturated carbocycles. The monoisotopic (exact) mass is 345 g/mol. The summed E-state index contributed by atoms with van der Waals surface area (Å²) in [6, 6.07) is 0. The predicted octanol–water partition coefficient (Wildman–Crippen LogP) is 0.427. The molecule has 4 nitrogen and oxygen atoms in total. The number of rotatable bonds is 0. The summed E-state index contributed by atoms with van der Waals surface area (Å²) in [6.45, 7) is 0. The normalized spacial score (nSPS) is 18.0. The van der Waals surface area contributed by atoms with Gasteiger partial charge in [0.1, 0.15) is 0 Å². The van der Waals surface area contributed by atoms with E-state index < -0.39 is 11.9 Å². The molecule has 0 bridgehead atoms. The van der Waals surface area contributed by atoms with Crippen molar-refractivity contribution < 1.29 is 40.3 Å². The molecule has 0 spiro atoms. The first kappa shape index (κ1) is 10.0. The minimum absolute atomic E-state index is 0. The van der Waals surface area contributed by atoms with E-state index in [9.17, 15) is 9.59 Å². The summed E-state index contributed by atoms with van der Waals surface area (Å²) < 4.78 is 8.62. The van der Waals surface area contributed by atoms with Crippen molar-refractivity contribution in [1.82, 2.24) is 0 Å². The van der Waals surface area contributed by atoms with Crippen molar-refractivity contribution in [2.45, 2.75) is 12.8 Å². The molecule has 6 heteroatoms. The Balaban J connectivity index is 0.000000810.